The third-order valence-corrected chi connectivity index (χ3v) is 11.8. The molecule has 0 amide bonds. The van der Waals surface area contributed by atoms with Crippen LogP contribution in [0.25, 0.3) is 0 Å². The quantitative estimate of drug-likeness (QED) is 0.0345. The van der Waals surface area contributed by atoms with Crippen molar-refractivity contribution in [2.75, 3.05) is 19.8 Å². The predicted molar refractivity (Wildman–Crippen MR) is 297 cm³/mol. The second kappa shape index (κ2) is 57.9. The van der Waals surface area contributed by atoms with E-state index in [1.54, 1.807) is 0 Å². The lowest BCUT2D eigenvalue weighted by atomic mass is 10.1. The van der Waals surface area contributed by atoms with Gasteiger partial charge in [0.1, 0.15) is 6.61 Å². The first-order valence-corrected chi connectivity index (χ1v) is 28.4. The van der Waals surface area contributed by atoms with Gasteiger partial charge in [-0.3, -0.25) is 9.59 Å². The van der Waals surface area contributed by atoms with E-state index in [1.165, 1.54) is 122 Å². The first-order valence-electron chi connectivity index (χ1n) is 28.4. The topological polar surface area (TPSA) is 61.8 Å². The molecule has 0 N–H and O–H groups in total. The zero-order valence-corrected chi connectivity index (χ0v) is 44.6. The van der Waals surface area contributed by atoms with Gasteiger partial charge in [0, 0.05) is 19.4 Å². The van der Waals surface area contributed by atoms with Gasteiger partial charge < -0.3 is 14.2 Å². The molecule has 0 saturated heterocycles. The SMILES string of the molecule is CC/C=C\C/C=C\C/C=C\C/C=C\C/C=C\CCCC(=O)OCC(COCCCCCCCCCC/C=C\C/C=C\CCCCC)OC(=O)CCCCCCCCC/C=C\C/C=C\CCCCC. The molecule has 0 aromatic carbocycles. The first-order chi connectivity index (χ1) is 33.6. The Balaban J connectivity index is 4.40. The van der Waals surface area contributed by atoms with Crippen molar-refractivity contribution in [1.82, 2.24) is 0 Å². The number of rotatable bonds is 51. The Bertz CT molecular complexity index is 1340. The fraction of sp³-hybridized carbons (Fsp3) is 0.683. The van der Waals surface area contributed by atoms with E-state index in [-0.39, 0.29) is 25.2 Å². The molecule has 0 rings (SSSR count). The van der Waals surface area contributed by atoms with E-state index < -0.39 is 6.10 Å². The summed E-state index contributed by atoms with van der Waals surface area (Å²) in [5, 5.41) is 0. The highest BCUT2D eigenvalue weighted by atomic mass is 16.6. The van der Waals surface area contributed by atoms with Crippen LogP contribution in [0.2, 0.25) is 0 Å². The number of hydrogen-bond donors (Lipinski definition) is 0. The zero-order chi connectivity index (χ0) is 49.2. The van der Waals surface area contributed by atoms with Gasteiger partial charge in [-0.05, 0) is 122 Å². The number of carbonyl (C=O) groups is 2. The van der Waals surface area contributed by atoms with Gasteiger partial charge in [-0.25, -0.2) is 0 Å². The summed E-state index contributed by atoms with van der Waals surface area (Å²) in [5.41, 5.74) is 0. The van der Waals surface area contributed by atoms with E-state index in [9.17, 15) is 9.59 Å². The van der Waals surface area contributed by atoms with Crippen molar-refractivity contribution in [3.05, 3.63) is 109 Å². The summed E-state index contributed by atoms with van der Waals surface area (Å²) in [6.07, 6.45) is 79.6. The van der Waals surface area contributed by atoms with Crippen LogP contribution in [0.3, 0.4) is 0 Å². The minimum absolute atomic E-state index is 0.0448. The normalized spacial score (nSPS) is 13.0. The van der Waals surface area contributed by atoms with Crippen molar-refractivity contribution < 1.29 is 23.8 Å². The predicted octanol–water partition coefficient (Wildman–Crippen LogP) is 19.6. The van der Waals surface area contributed by atoms with E-state index in [4.69, 9.17) is 14.2 Å². The maximum absolute atomic E-state index is 12.9. The molecule has 0 aliphatic heterocycles. The number of allylic oxidation sites excluding steroid dienone is 18. The number of carbonyl (C=O) groups excluding carboxylic acids is 2. The Labute approximate surface area is 421 Å². The Morgan fingerprint density at radius 2 is 0.676 bits per heavy atom. The summed E-state index contributed by atoms with van der Waals surface area (Å²) >= 11 is 0. The van der Waals surface area contributed by atoms with Crippen LogP contribution in [0, 0.1) is 0 Å². The van der Waals surface area contributed by atoms with Gasteiger partial charge in [-0.1, -0.05) is 226 Å². The fourth-order valence-electron chi connectivity index (χ4n) is 7.55. The van der Waals surface area contributed by atoms with Crippen LogP contribution in [0.4, 0.5) is 0 Å². The van der Waals surface area contributed by atoms with Crippen molar-refractivity contribution in [3.8, 4) is 0 Å². The molecule has 0 aliphatic rings. The molecule has 0 aliphatic carbocycles. The van der Waals surface area contributed by atoms with E-state index in [2.05, 4.69) is 130 Å². The van der Waals surface area contributed by atoms with E-state index in [0.717, 1.165) is 96.3 Å². The standard InChI is InChI=1S/C63H106O5/c1-4-7-10-13-16-19-22-25-28-31-34-37-40-43-46-49-52-55-58-66-59-61(68-63(65)57-54-51-48-45-42-39-36-33-30-27-24-21-18-15-12-9-6-3)60-67-62(64)56-53-50-47-44-41-38-35-32-29-26-23-20-17-14-11-8-5-2/h8,11,16-21,25-30,35,38,44,47,61H,4-7,9-10,12-15,22-24,31-34,36-37,39-43,45-46,48-60H2,1-3H3/b11-8-,19-16-,20-17-,21-18-,28-25-,29-26-,30-27-,38-35-,47-44-. The minimum atomic E-state index is -0.574. The van der Waals surface area contributed by atoms with Crippen LogP contribution in [0.1, 0.15) is 252 Å². The summed E-state index contributed by atoms with van der Waals surface area (Å²) in [5.74, 6) is -0.478. The van der Waals surface area contributed by atoms with E-state index in [1.807, 2.05) is 0 Å². The lowest BCUT2D eigenvalue weighted by Crippen LogP contribution is -2.30. The van der Waals surface area contributed by atoms with Gasteiger partial charge in [-0.15, -0.1) is 0 Å². The molecule has 0 bridgehead atoms. The van der Waals surface area contributed by atoms with Crippen molar-refractivity contribution in [2.24, 2.45) is 0 Å². The summed E-state index contributed by atoms with van der Waals surface area (Å²) in [6, 6.07) is 0. The monoisotopic (exact) mass is 943 g/mol. The van der Waals surface area contributed by atoms with Crippen LogP contribution in [-0.4, -0.2) is 37.9 Å². The van der Waals surface area contributed by atoms with Gasteiger partial charge in [0.05, 0.1) is 6.61 Å². The molecule has 1 unspecified atom stereocenters. The molecule has 0 heterocycles. The van der Waals surface area contributed by atoms with Crippen molar-refractivity contribution >= 4 is 11.9 Å². The molecule has 0 fully saturated rings. The fourth-order valence-corrected chi connectivity index (χ4v) is 7.55. The molecule has 5 heteroatoms. The van der Waals surface area contributed by atoms with Crippen molar-refractivity contribution in [2.45, 2.75) is 258 Å². The largest absolute Gasteiger partial charge is 0.462 e. The average molecular weight is 944 g/mol. The maximum Gasteiger partial charge on any atom is 0.306 e. The number of hydrogen-bond acceptors (Lipinski definition) is 5. The summed E-state index contributed by atoms with van der Waals surface area (Å²) < 4.78 is 17.4. The molecular formula is C63H106O5. The van der Waals surface area contributed by atoms with Crippen LogP contribution in [0.15, 0.2) is 109 Å². The molecule has 1 atom stereocenters. The van der Waals surface area contributed by atoms with Crippen LogP contribution >= 0.6 is 0 Å². The third-order valence-electron chi connectivity index (χ3n) is 11.8. The average Bonchev–Trinajstić information content (AvgIpc) is 3.34. The third kappa shape index (κ3) is 55.2. The van der Waals surface area contributed by atoms with E-state index in [0.29, 0.717) is 19.4 Å². The van der Waals surface area contributed by atoms with Crippen LogP contribution < -0.4 is 0 Å². The first kappa shape index (κ1) is 64.6. The number of unbranched alkanes of at least 4 members (excludes halogenated alkanes) is 22. The molecule has 0 spiro atoms. The summed E-state index contributed by atoms with van der Waals surface area (Å²) in [6.45, 7) is 7.59. The van der Waals surface area contributed by atoms with E-state index >= 15 is 0 Å². The number of esters is 2. The van der Waals surface area contributed by atoms with Gasteiger partial charge >= 0.3 is 11.9 Å². The molecule has 0 aromatic rings. The molecule has 5 nitrogen and oxygen atoms in total. The van der Waals surface area contributed by atoms with Gasteiger partial charge in [0.25, 0.3) is 0 Å². The minimum Gasteiger partial charge on any atom is -0.462 e. The summed E-state index contributed by atoms with van der Waals surface area (Å²) in [7, 11) is 0. The smallest absolute Gasteiger partial charge is 0.306 e. The molecule has 388 valence electrons. The Morgan fingerprint density at radius 3 is 1.10 bits per heavy atom. The summed E-state index contributed by atoms with van der Waals surface area (Å²) in [4.78, 5) is 25.5. The zero-order valence-electron chi connectivity index (χ0n) is 44.6. The van der Waals surface area contributed by atoms with Gasteiger partial charge in [0.2, 0.25) is 0 Å². The van der Waals surface area contributed by atoms with Gasteiger partial charge in [0.15, 0.2) is 6.10 Å². The highest BCUT2D eigenvalue weighted by molar-refractivity contribution is 5.70. The Hall–Kier alpha value is -3.44. The maximum atomic E-state index is 12.9. The number of ether oxygens (including phenoxy) is 3. The lowest BCUT2D eigenvalue weighted by molar-refractivity contribution is -0.163. The molecular weight excluding hydrogens is 837 g/mol. The molecule has 0 radical (unpaired) electrons. The molecule has 68 heavy (non-hydrogen) atoms. The highest BCUT2D eigenvalue weighted by Crippen LogP contribution is 2.14. The molecule has 0 saturated carbocycles. The highest BCUT2D eigenvalue weighted by Gasteiger charge is 2.17. The molecule has 0 aromatic heterocycles. The van der Waals surface area contributed by atoms with Crippen molar-refractivity contribution in [3.63, 3.8) is 0 Å². The Kier molecular flexibility index (Phi) is 54.9. The second-order valence-corrected chi connectivity index (χ2v) is 18.4. The Morgan fingerprint density at radius 1 is 0.338 bits per heavy atom. The van der Waals surface area contributed by atoms with Crippen LogP contribution in [0.5, 0.6) is 0 Å². The van der Waals surface area contributed by atoms with Gasteiger partial charge in [-0.2, -0.15) is 0 Å². The second-order valence-electron chi connectivity index (χ2n) is 18.4. The lowest BCUT2D eigenvalue weighted by Gasteiger charge is -2.18. The van der Waals surface area contributed by atoms with Crippen LogP contribution in [-0.2, 0) is 23.8 Å². The van der Waals surface area contributed by atoms with Crippen molar-refractivity contribution in [1.29, 1.82) is 0 Å².